The van der Waals surface area contributed by atoms with Crippen LogP contribution < -0.4 is 42.5 Å². The molecule has 1 spiro atoms. The number of aliphatic hydroxyl groups is 2. The zero-order chi connectivity index (χ0) is 74.2. The number of phenolic OH excluding ortho intramolecular Hbond substituents is 2. The van der Waals surface area contributed by atoms with Gasteiger partial charge in [0.2, 0.25) is 11.8 Å². The van der Waals surface area contributed by atoms with E-state index >= 15 is 4.79 Å². The van der Waals surface area contributed by atoms with Gasteiger partial charge in [-0.1, -0.05) is 92.2 Å². The molecule has 10 N–H and O–H groups in total. The number of carbonyl (C=O) groups is 9. The number of esters is 1. The number of carbonyl (C=O) groups excluding carboxylic acids is 9. The molecule has 3 aromatic rings. The maximum absolute atomic E-state index is 15.2. The number of primary amides is 1. The minimum atomic E-state index is -2.06. The molecule has 5 aliphatic rings. The zero-order valence-electron chi connectivity index (χ0n) is 60.3. The average Bonchev–Trinajstić information content (AvgIpc) is 1.56. The Morgan fingerprint density at radius 1 is 0.861 bits per heavy atom. The van der Waals surface area contributed by atoms with Gasteiger partial charge in [0.25, 0.3) is 23.5 Å². The van der Waals surface area contributed by atoms with Gasteiger partial charge in [-0.3, -0.25) is 48.2 Å². The van der Waals surface area contributed by atoms with Crippen LogP contribution in [0.4, 0.5) is 16.2 Å². The Balaban J connectivity index is 1.06. The standard InChI is InChI=1S/C75H101N9O17/c1-40(2)38-84(39-49-23-25-51(26-24-49)78-72(96)50(21-18-32-77-73(76)97)37-52(86)60(41(3)4)79-54(87)22-15-14-16-33-83-55(88)27-28-56(83)89)34-30-75(31-35-84)81-61-57-58-66(92)47(10)69-59(57)70(94)74(12,101-69)99-36-29-53(98-13)44(7)68(100-48(11)85)46(9)65(91)45(8)64(90)42(5)19-17-20-43(6)71(95)80-63(67(58)93)62(61)82-75/h17,19-20,23-29,36,40-42,44-46,50,53,60,64-65,68,90-91H,14-16,18,21-22,30-35,37-39H2,1-13H3,(H7-,76,77,78,79,80,81,82,87,88,89,92,93,94,95,96,97)/p+1/b19-17+,36-29+,43-20-/t42-,44+,45+,46+,50+,53-,60-,64-,65+,68+,74-,75?,84?/m0/s1. The lowest BCUT2D eigenvalue weighted by atomic mass is 9.78. The molecule has 0 radical (unpaired) electrons. The Morgan fingerprint density at radius 3 is 2.16 bits per heavy atom. The van der Waals surface area contributed by atoms with Crippen LogP contribution in [-0.4, -0.2) is 165 Å². The highest BCUT2D eigenvalue weighted by molar-refractivity contribution is 6.22. The lowest BCUT2D eigenvalue weighted by Crippen LogP contribution is -2.59. The number of Topliss-reactive ketones (excluding diaryl/α,β-unsaturated/α-hetero) is 2. The van der Waals surface area contributed by atoms with Crippen molar-refractivity contribution in [3.63, 3.8) is 0 Å². The van der Waals surface area contributed by atoms with Crippen molar-refractivity contribution in [3.05, 3.63) is 100.0 Å². The number of allylic oxidation sites excluding steroid dienone is 2. The Bertz CT molecular complexity index is 3910. The number of urea groups is 1. The molecule has 101 heavy (non-hydrogen) atoms. The topological polar surface area (TPSA) is 374 Å². The number of likely N-dealkylation sites (tertiary alicyclic amines) is 1. The third-order valence-electron chi connectivity index (χ3n) is 20.5. The van der Waals surface area contributed by atoms with Gasteiger partial charge < -0.3 is 70.9 Å². The first-order valence-corrected chi connectivity index (χ1v) is 35.1. The highest BCUT2D eigenvalue weighted by atomic mass is 16.7. The van der Waals surface area contributed by atoms with Crippen LogP contribution in [0.3, 0.4) is 0 Å². The molecule has 26 nitrogen and oxygen atoms in total. The number of rotatable bonds is 23. The summed E-state index contributed by atoms with van der Waals surface area (Å²) >= 11 is 0. The number of aliphatic hydroxyl groups excluding tert-OH is 2. The summed E-state index contributed by atoms with van der Waals surface area (Å²) in [6.07, 6.45) is 8.83. The summed E-state index contributed by atoms with van der Waals surface area (Å²) in [5.74, 6) is -10.5. The Kier molecular flexibility index (Phi) is 25.3. The number of hydrogen-bond acceptors (Lipinski definition) is 19. The monoisotopic (exact) mass is 1400 g/mol. The fraction of sp³-hybridized carbons (Fsp3) is 0.560. The van der Waals surface area contributed by atoms with Crippen LogP contribution >= 0.6 is 0 Å². The van der Waals surface area contributed by atoms with Crippen LogP contribution in [0, 0.1) is 48.3 Å². The molecular formula is C75H102N9O17+. The molecule has 4 bridgehead atoms. The molecule has 0 saturated carbocycles. The fourth-order valence-corrected chi connectivity index (χ4v) is 14.7. The lowest BCUT2D eigenvalue weighted by Gasteiger charge is -2.47. The lowest BCUT2D eigenvalue weighted by molar-refractivity contribution is -0.948. The molecular weight excluding hydrogens is 1300 g/mol. The summed E-state index contributed by atoms with van der Waals surface area (Å²) in [6.45, 7) is 23.5. The number of nitrogens with zero attached hydrogens (tertiary/aromatic N) is 4. The maximum Gasteiger partial charge on any atom is 0.312 e. The van der Waals surface area contributed by atoms with E-state index in [1.54, 1.807) is 52.0 Å². The van der Waals surface area contributed by atoms with Gasteiger partial charge in [0.05, 0.1) is 66.9 Å². The quantitative estimate of drug-likeness (QED) is 0.0151. The first-order chi connectivity index (χ1) is 47.6. The number of amides is 7. The number of nitrogens with two attached hydrogens (primary N) is 1. The van der Waals surface area contributed by atoms with Gasteiger partial charge in [0, 0.05) is 135 Å². The smallest absolute Gasteiger partial charge is 0.312 e. The number of anilines is 2. The molecule has 0 aliphatic carbocycles. The van der Waals surface area contributed by atoms with E-state index in [-0.39, 0.29) is 117 Å². The summed E-state index contributed by atoms with van der Waals surface area (Å²) in [7, 11) is 1.45. The van der Waals surface area contributed by atoms with Crippen LogP contribution in [0.25, 0.3) is 10.8 Å². The highest BCUT2D eigenvalue weighted by Gasteiger charge is 2.52. The molecule has 0 aromatic heterocycles. The Hall–Kier alpha value is -8.85. The summed E-state index contributed by atoms with van der Waals surface area (Å²) < 4.78 is 25.0. The Labute approximate surface area is 589 Å². The number of hydrogen-bond donors (Lipinski definition) is 9. The van der Waals surface area contributed by atoms with E-state index in [4.69, 9.17) is 29.7 Å². The molecule has 11 atom stereocenters. The predicted octanol–water partition coefficient (Wildman–Crippen LogP) is 7.05. The molecule has 1 fully saturated rings. The van der Waals surface area contributed by atoms with Crippen molar-refractivity contribution in [1.29, 1.82) is 0 Å². The van der Waals surface area contributed by atoms with Gasteiger partial charge in [-0.2, -0.15) is 0 Å². The van der Waals surface area contributed by atoms with Crippen LogP contribution in [0.2, 0.25) is 0 Å². The molecule has 7 amide bonds. The number of phenols is 2. The highest BCUT2D eigenvalue weighted by Crippen LogP contribution is 2.52. The SMILES string of the molecule is CO[C@H]1/C=C/O[C@@]2(C)Oc3c(C)c(O)c4c(O)c(c5c(c4c3C2=O)NC2(CC[N+](Cc3ccc(NC(=O)[C@H](CCCNC(N)=O)CC(=O)[C@@H](NC(=O)CCCCCN4C(=O)C=CC4=O)C(C)C)cc3)(CC(C)C)CC2)N=5)=NC(=O)/C(C)=C\C=C\[C@H](C)[C@H](O)[C@@H](C)[C@@H](O)[C@@H](C)[C@H](OC(C)=O)[C@@H]1C. The minimum Gasteiger partial charge on any atom is -0.507 e. The number of quaternary nitrogens is 1. The van der Waals surface area contributed by atoms with Gasteiger partial charge in [0.1, 0.15) is 40.5 Å². The predicted molar refractivity (Wildman–Crippen MR) is 376 cm³/mol. The number of fused-ring (bicyclic) bond motifs is 1. The largest absolute Gasteiger partial charge is 0.507 e. The molecule has 3 aromatic carbocycles. The first-order valence-electron chi connectivity index (χ1n) is 35.1. The van der Waals surface area contributed by atoms with Gasteiger partial charge >= 0.3 is 17.8 Å². The van der Waals surface area contributed by atoms with Gasteiger partial charge in [0.15, 0.2) is 11.5 Å². The van der Waals surface area contributed by atoms with Crippen molar-refractivity contribution in [2.75, 3.05) is 50.5 Å². The van der Waals surface area contributed by atoms with Gasteiger partial charge in [-0.05, 0) is 63.7 Å². The fourth-order valence-electron chi connectivity index (χ4n) is 14.7. The molecule has 26 heteroatoms. The number of imide groups is 1. The number of piperidine rings is 1. The zero-order valence-corrected chi connectivity index (χ0v) is 60.3. The number of ketones is 2. The molecule has 5 heterocycles. The van der Waals surface area contributed by atoms with Crippen LogP contribution in [-0.2, 0) is 54.3 Å². The summed E-state index contributed by atoms with van der Waals surface area (Å²) in [4.78, 5) is 130. The summed E-state index contributed by atoms with van der Waals surface area (Å²) in [6, 6.07) is 5.88. The number of methoxy groups -OCH3 is 1. The number of aromatic hydroxyl groups is 2. The van der Waals surface area contributed by atoms with E-state index in [0.29, 0.717) is 68.3 Å². The summed E-state index contributed by atoms with van der Waals surface area (Å²) in [5.41, 5.74) is 6.13. The van der Waals surface area contributed by atoms with E-state index in [1.807, 2.05) is 26.0 Å². The normalized spacial score (nSPS) is 27.8. The molecule has 1 saturated heterocycles. The van der Waals surface area contributed by atoms with Crippen molar-refractivity contribution in [3.8, 4) is 17.2 Å². The number of benzene rings is 3. The van der Waals surface area contributed by atoms with Crippen molar-refractivity contribution in [2.24, 2.45) is 57.1 Å². The van der Waals surface area contributed by atoms with Crippen molar-refractivity contribution >= 4 is 75.3 Å². The van der Waals surface area contributed by atoms with Crippen LogP contribution in [0.5, 0.6) is 17.2 Å². The molecule has 548 valence electrons. The molecule has 0 unspecified atom stereocenters. The third kappa shape index (κ3) is 17.9. The van der Waals surface area contributed by atoms with Crippen molar-refractivity contribution < 1.29 is 87.0 Å². The second-order valence-electron chi connectivity index (χ2n) is 29.1. The molecule has 5 aliphatic heterocycles. The number of nitrogens with one attached hydrogen (secondary N) is 4. The maximum atomic E-state index is 15.2. The average molecular weight is 1400 g/mol. The number of unbranched alkanes of at least 4 members (excludes halogenated alkanes) is 2. The second-order valence-corrected chi connectivity index (χ2v) is 29.1. The minimum absolute atomic E-state index is 0.0185. The molecule has 8 rings (SSSR count). The number of ether oxygens (including phenoxy) is 4. The van der Waals surface area contributed by atoms with Gasteiger partial charge in [-0.15, -0.1) is 0 Å². The van der Waals surface area contributed by atoms with E-state index < -0.39 is 113 Å². The van der Waals surface area contributed by atoms with Crippen LogP contribution in [0.1, 0.15) is 155 Å². The van der Waals surface area contributed by atoms with E-state index in [9.17, 15) is 58.8 Å². The second kappa shape index (κ2) is 32.9. The third-order valence-corrected chi connectivity index (χ3v) is 20.5. The van der Waals surface area contributed by atoms with E-state index in [2.05, 4.69) is 40.1 Å². The Morgan fingerprint density at radius 2 is 1.53 bits per heavy atom. The van der Waals surface area contributed by atoms with E-state index in [1.165, 1.54) is 65.4 Å². The van der Waals surface area contributed by atoms with Crippen molar-refractivity contribution in [1.82, 2.24) is 15.5 Å². The van der Waals surface area contributed by atoms with Crippen molar-refractivity contribution in [2.45, 2.75) is 189 Å². The van der Waals surface area contributed by atoms with Gasteiger partial charge in [-0.25, -0.2) is 9.79 Å². The van der Waals surface area contributed by atoms with Crippen LogP contribution in [0.15, 0.2) is 82.5 Å². The first kappa shape index (κ1) is 77.9. The summed E-state index contributed by atoms with van der Waals surface area (Å²) in [5, 5.41) is 59.9. The van der Waals surface area contributed by atoms with E-state index in [0.717, 1.165) is 17.0 Å².